The molecule has 2 N–H and O–H groups in total. The van der Waals surface area contributed by atoms with Crippen molar-refractivity contribution in [2.45, 2.75) is 83.7 Å². The highest BCUT2D eigenvalue weighted by Crippen LogP contribution is 2.44. The first-order valence-electron chi connectivity index (χ1n) is 12.8. The van der Waals surface area contributed by atoms with E-state index in [1.54, 1.807) is 0 Å². The minimum atomic E-state index is -2.27. The summed E-state index contributed by atoms with van der Waals surface area (Å²) >= 11 is 0. The maximum atomic E-state index is 13.0. The van der Waals surface area contributed by atoms with Gasteiger partial charge in [-0.3, -0.25) is 4.79 Å². The molecule has 0 unspecified atom stereocenters. The molecule has 2 aromatic rings. The van der Waals surface area contributed by atoms with Gasteiger partial charge in [-0.1, -0.05) is 83.1 Å². The van der Waals surface area contributed by atoms with Crippen molar-refractivity contribution in [3.63, 3.8) is 0 Å². The van der Waals surface area contributed by atoms with E-state index in [4.69, 9.17) is 9.16 Å². The summed E-state index contributed by atoms with van der Waals surface area (Å²) in [7, 11) is -2.27. The van der Waals surface area contributed by atoms with E-state index in [-0.39, 0.29) is 29.9 Å². The molecule has 1 aliphatic rings. The number of nitrogens with one attached hydrogen (secondary N) is 1. The van der Waals surface area contributed by atoms with Gasteiger partial charge in [0, 0.05) is 5.92 Å². The third kappa shape index (κ3) is 6.56. The van der Waals surface area contributed by atoms with Crippen molar-refractivity contribution >= 4 is 20.4 Å². The number of aliphatic carboxylic acids is 1. The molecule has 0 heterocycles. The summed E-state index contributed by atoms with van der Waals surface area (Å²) in [6, 6.07) is 15.9. The Morgan fingerprint density at radius 2 is 1.53 bits per heavy atom. The van der Waals surface area contributed by atoms with Gasteiger partial charge in [0.2, 0.25) is 0 Å². The molecule has 1 amide bonds. The fourth-order valence-electron chi connectivity index (χ4n) is 4.60. The van der Waals surface area contributed by atoms with E-state index < -0.39 is 32.5 Å². The lowest BCUT2D eigenvalue weighted by atomic mass is 9.97. The van der Waals surface area contributed by atoms with Crippen LogP contribution in [0.2, 0.25) is 18.1 Å². The highest BCUT2D eigenvalue weighted by Gasteiger charge is 2.42. The Bertz CT molecular complexity index is 1030. The standard InChI is InChI=1S/C29H41NO5Si/c1-19(2)16-25(26(17-27(31)32)35-36(6,7)29(3,4)5)30-28(33)34-18-24-22-14-10-8-12-20(22)21-13-9-11-15-23(21)24/h8-15,19,24-26H,16-18H2,1-7H3,(H,30,33)(H,31,32)/t25-,26-/m0/s1. The molecule has 0 aliphatic heterocycles. The fourth-order valence-corrected chi connectivity index (χ4v) is 5.95. The predicted molar refractivity (Wildman–Crippen MR) is 146 cm³/mol. The molecule has 3 rings (SSSR count). The molecule has 2 aromatic carbocycles. The van der Waals surface area contributed by atoms with Gasteiger partial charge < -0.3 is 19.6 Å². The molecule has 0 bridgehead atoms. The molecule has 36 heavy (non-hydrogen) atoms. The van der Waals surface area contributed by atoms with Crippen LogP contribution in [0.3, 0.4) is 0 Å². The van der Waals surface area contributed by atoms with E-state index in [1.807, 2.05) is 24.3 Å². The van der Waals surface area contributed by atoms with Gasteiger partial charge in [0.25, 0.3) is 0 Å². The number of carboxylic acids is 1. The molecule has 2 atom stereocenters. The predicted octanol–water partition coefficient (Wildman–Crippen LogP) is 6.80. The number of carbonyl (C=O) groups excluding carboxylic acids is 1. The van der Waals surface area contributed by atoms with Crippen LogP contribution in [-0.4, -0.2) is 44.2 Å². The number of alkyl carbamates (subject to hydrolysis) is 1. The van der Waals surface area contributed by atoms with Crippen LogP contribution in [0.25, 0.3) is 11.1 Å². The monoisotopic (exact) mass is 511 g/mol. The first-order chi connectivity index (χ1) is 16.8. The normalized spacial score (nSPS) is 15.2. The minimum Gasteiger partial charge on any atom is -0.481 e. The van der Waals surface area contributed by atoms with E-state index in [0.29, 0.717) is 6.42 Å². The lowest BCUT2D eigenvalue weighted by molar-refractivity contribution is -0.139. The third-order valence-corrected chi connectivity index (χ3v) is 12.0. The number of benzene rings is 2. The van der Waals surface area contributed by atoms with Crippen LogP contribution in [-0.2, 0) is 14.0 Å². The molecule has 0 spiro atoms. The Hall–Kier alpha value is -2.64. The number of rotatable bonds is 10. The minimum absolute atomic E-state index is 0.0370. The van der Waals surface area contributed by atoms with Crippen molar-refractivity contribution in [1.82, 2.24) is 5.32 Å². The van der Waals surface area contributed by atoms with E-state index >= 15 is 0 Å². The number of carbonyl (C=O) groups is 2. The molecule has 0 saturated carbocycles. The zero-order chi connectivity index (χ0) is 26.7. The largest absolute Gasteiger partial charge is 0.481 e. The maximum absolute atomic E-state index is 13.0. The second-order valence-electron chi connectivity index (χ2n) is 11.7. The molecule has 1 aliphatic carbocycles. The van der Waals surface area contributed by atoms with Gasteiger partial charge in [-0.2, -0.15) is 0 Å². The smallest absolute Gasteiger partial charge is 0.407 e. The van der Waals surface area contributed by atoms with Crippen LogP contribution < -0.4 is 5.32 Å². The number of ether oxygens (including phenoxy) is 1. The SMILES string of the molecule is CC(C)C[C@H](NC(=O)OCC1c2ccccc2-c2ccccc21)[C@H](CC(=O)O)O[Si](C)(C)C(C)(C)C. The number of amides is 1. The van der Waals surface area contributed by atoms with Gasteiger partial charge in [0.05, 0.1) is 18.6 Å². The van der Waals surface area contributed by atoms with Crippen molar-refractivity contribution < 1.29 is 23.9 Å². The Kier molecular flexibility index (Phi) is 8.67. The van der Waals surface area contributed by atoms with Crippen molar-refractivity contribution in [3.8, 4) is 11.1 Å². The third-order valence-electron chi connectivity index (χ3n) is 7.45. The van der Waals surface area contributed by atoms with Gasteiger partial charge in [0.15, 0.2) is 8.32 Å². The molecule has 6 nitrogen and oxygen atoms in total. The fraction of sp³-hybridized carbons (Fsp3) is 0.517. The number of fused-ring (bicyclic) bond motifs is 3. The molecule has 0 saturated heterocycles. The first-order valence-corrected chi connectivity index (χ1v) is 15.7. The molecular formula is C29H41NO5Si. The summed E-state index contributed by atoms with van der Waals surface area (Å²) in [4.78, 5) is 24.8. The maximum Gasteiger partial charge on any atom is 0.407 e. The Balaban J connectivity index is 1.76. The first kappa shape index (κ1) is 27.9. The summed E-state index contributed by atoms with van der Waals surface area (Å²) < 4.78 is 12.3. The lowest BCUT2D eigenvalue weighted by Crippen LogP contribution is -2.53. The summed E-state index contributed by atoms with van der Waals surface area (Å²) in [6.07, 6.45) is -0.757. The second-order valence-corrected chi connectivity index (χ2v) is 16.5. The topological polar surface area (TPSA) is 84.9 Å². The van der Waals surface area contributed by atoms with Crippen LogP contribution in [0.5, 0.6) is 0 Å². The average Bonchev–Trinajstić information content (AvgIpc) is 3.09. The molecule has 0 radical (unpaired) electrons. The molecule has 0 fully saturated rings. The summed E-state index contributed by atoms with van der Waals surface area (Å²) in [5.41, 5.74) is 4.64. The van der Waals surface area contributed by atoms with E-state index in [2.05, 4.69) is 77.3 Å². The van der Waals surface area contributed by atoms with Crippen molar-refractivity contribution in [2.75, 3.05) is 6.61 Å². The molecule has 196 valence electrons. The van der Waals surface area contributed by atoms with E-state index in [9.17, 15) is 14.7 Å². The highest BCUT2D eigenvalue weighted by molar-refractivity contribution is 6.74. The Labute approximate surface area is 216 Å². The zero-order valence-corrected chi connectivity index (χ0v) is 23.6. The van der Waals surface area contributed by atoms with Gasteiger partial charge in [-0.05, 0) is 52.7 Å². The zero-order valence-electron chi connectivity index (χ0n) is 22.6. The van der Waals surface area contributed by atoms with Crippen molar-refractivity contribution in [1.29, 1.82) is 0 Å². The van der Waals surface area contributed by atoms with Crippen LogP contribution >= 0.6 is 0 Å². The van der Waals surface area contributed by atoms with Gasteiger partial charge in [-0.25, -0.2) is 4.79 Å². The van der Waals surface area contributed by atoms with Gasteiger partial charge in [-0.15, -0.1) is 0 Å². The van der Waals surface area contributed by atoms with E-state index in [0.717, 1.165) is 11.1 Å². The Morgan fingerprint density at radius 3 is 2.00 bits per heavy atom. The van der Waals surface area contributed by atoms with Gasteiger partial charge >= 0.3 is 12.1 Å². The summed E-state index contributed by atoms with van der Waals surface area (Å²) in [5.74, 6) is -0.741. The van der Waals surface area contributed by atoms with E-state index in [1.165, 1.54) is 11.1 Å². The van der Waals surface area contributed by atoms with Crippen LogP contribution in [0, 0.1) is 5.92 Å². The summed E-state index contributed by atoms with van der Waals surface area (Å²) in [6.45, 7) is 14.9. The number of hydrogen-bond acceptors (Lipinski definition) is 4. The Morgan fingerprint density at radius 1 is 1.00 bits per heavy atom. The van der Waals surface area contributed by atoms with Crippen LogP contribution in [0.4, 0.5) is 4.79 Å². The van der Waals surface area contributed by atoms with Gasteiger partial charge in [0.1, 0.15) is 6.61 Å². The molecular weight excluding hydrogens is 470 g/mol. The number of carboxylic acid groups (broad SMARTS) is 1. The molecule has 0 aromatic heterocycles. The average molecular weight is 512 g/mol. The van der Waals surface area contributed by atoms with Crippen LogP contribution in [0.15, 0.2) is 48.5 Å². The van der Waals surface area contributed by atoms with Crippen molar-refractivity contribution in [2.24, 2.45) is 5.92 Å². The van der Waals surface area contributed by atoms with Crippen molar-refractivity contribution in [3.05, 3.63) is 59.7 Å². The lowest BCUT2D eigenvalue weighted by Gasteiger charge is -2.41. The number of hydrogen-bond donors (Lipinski definition) is 2. The molecule has 7 heteroatoms. The van der Waals surface area contributed by atoms with Crippen LogP contribution in [0.1, 0.15) is 64.5 Å². The second kappa shape index (κ2) is 11.2. The summed E-state index contributed by atoms with van der Waals surface area (Å²) in [5, 5.41) is 12.5. The highest BCUT2D eigenvalue weighted by atomic mass is 28.4. The quantitative estimate of drug-likeness (QED) is 0.343.